The first-order valence-electron chi connectivity index (χ1n) is 19.8. The molecule has 0 unspecified atom stereocenters. The molecule has 0 aliphatic carbocycles. The van der Waals surface area contributed by atoms with Crippen molar-refractivity contribution in [2.75, 3.05) is 0 Å². The van der Waals surface area contributed by atoms with E-state index in [1.807, 2.05) is 0 Å². The maximum Gasteiger partial charge on any atom is 0.152 e. The monoisotopic (exact) mass is 739 g/mol. The van der Waals surface area contributed by atoms with E-state index in [4.69, 9.17) is 4.74 Å². The molecule has 1 aliphatic heterocycles. The second-order valence-electron chi connectivity index (χ2n) is 15.3. The molecule has 270 valence electrons. The van der Waals surface area contributed by atoms with Crippen LogP contribution in [0.25, 0.3) is 105 Å². The van der Waals surface area contributed by atoms with Crippen molar-refractivity contribution in [1.82, 2.24) is 13.7 Å². The fourth-order valence-corrected chi connectivity index (χ4v) is 9.72. The van der Waals surface area contributed by atoms with Gasteiger partial charge >= 0.3 is 0 Å². The van der Waals surface area contributed by atoms with Crippen LogP contribution in [0.1, 0.15) is 0 Å². The van der Waals surface area contributed by atoms with Gasteiger partial charge in [0.25, 0.3) is 0 Å². The lowest BCUT2D eigenvalue weighted by molar-refractivity contribution is 0.477. The predicted molar refractivity (Wildman–Crippen MR) is 240 cm³/mol. The van der Waals surface area contributed by atoms with Crippen molar-refractivity contribution in [3.05, 3.63) is 200 Å². The molecule has 0 spiro atoms. The van der Waals surface area contributed by atoms with Gasteiger partial charge in [-0.25, -0.2) is 0 Å². The minimum atomic E-state index is 0.863. The van der Waals surface area contributed by atoms with E-state index in [0.717, 1.165) is 39.5 Å². The Hall–Kier alpha value is -7.82. The van der Waals surface area contributed by atoms with Crippen LogP contribution < -0.4 is 4.74 Å². The highest BCUT2D eigenvalue weighted by molar-refractivity contribution is 6.14. The van der Waals surface area contributed by atoms with E-state index in [-0.39, 0.29) is 0 Å². The number of hydrogen-bond donors (Lipinski definition) is 0. The van der Waals surface area contributed by atoms with Crippen molar-refractivity contribution in [3.63, 3.8) is 0 Å². The fourth-order valence-electron chi connectivity index (χ4n) is 9.72. The Morgan fingerprint density at radius 1 is 0.293 bits per heavy atom. The number of benzene rings is 9. The molecule has 0 amide bonds. The van der Waals surface area contributed by atoms with Gasteiger partial charge in [-0.2, -0.15) is 0 Å². The summed E-state index contributed by atoms with van der Waals surface area (Å²) in [5, 5.41) is 7.42. The second kappa shape index (κ2) is 11.8. The maximum absolute atomic E-state index is 6.60. The summed E-state index contributed by atoms with van der Waals surface area (Å²) in [5.41, 5.74) is 15.1. The Bertz CT molecular complexity index is 3640. The van der Waals surface area contributed by atoms with Crippen LogP contribution >= 0.6 is 0 Å². The highest BCUT2D eigenvalue weighted by atomic mass is 16.5. The Kier molecular flexibility index (Phi) is 6.41. The van der Waals surface area contributed by atoms with Gasteiger partial charge in [0, 0.05) is 49.3 Å². The zero-order valence-corrected chi connectivity index (χ0v) is 31.3. The third-order valence-corrected chi connectivity index (χ3v) is 12.2. The first kappa shape index (κ1) is 31.4. The number of aromatic nitrogens is 3. The normalized spacial score (nSPS) is 12.3. The van der Waals surface area contributed by atoms with Gasteiger partial charge in [-0.15, -0.1) is 0 Å². The summed E-state index contributed by atoms with van der Waals surface area (Å²) in [6, 6.07) is 72.4. The molecule has 3 aromatic heterocycles. The van der Waals surface area contributed by atoms with Crippen LogP contribution in [-0.2, 0) is 0 Å². The zero-order valence-electron chi connectivity index (χ0n) is 31.3. The quantitative estimate of drug-likeness (QED) is 0.176. The molecule has 12 aromatic rings. The van der Waals surface area contributed by atoms with Crippen LogP contribution in [0.15, 0.2) is 200 Å². The Balaban J connectivity index is 0.934. The van der Waals surface area contributed by atoms with Crippen LogP contribution in [0, 0.1) is 0 Å². The molecular formula is C54H33N3O. The Labute approximate surface area is 333 Å². The minimum Gasteiger partial charge on any atom is -0.453 e. The van der Waals surface area contributed by atoms with Gasteiger partial charge in [0.2, 0.25) is 0 Å². The van der Waals surface area contributed by atoms with Crippen LogP contribution in [0.3, 0.4) is 0 Å². The molecule has 13 rings (SSSR count). The molecule has 58 heavy (non-hydrogen) atoms. The van der Waals surface area contributed by atoms with Crippen molar-refractivity contribution in [2.24, 2.45) is 0 Å². The summed E-state index contributed by atoms with van der Waals surface area (Å²) in [4.78, 5) is 0. The maximum atomic E-state index is 6.60. The van der Waals surface area contributed by atoms with Crippen LogP contribution in [-0.4, -0.2) is 13.7 Å². The van der Waals surface area contributed by atoms with E-state index in [1.54, 1.807) is 0 Å². The SMILES string of the molecule is c1ccc(-n2c3ccccc3c3cc(-c4ccc5c(c4)c4ccccc4n5-c4ccc(-c5cccc6c5-n5c7ccccc7c7cccc(c75)O6)cc4)ccc32)cc1. The predicted octanol–water partition coefficient (Wildman–Crippen LogP) is 14.4. The average Bonchev–Trinajstić information content (AvgIpc) is 3.93. The van der Waals surface area contributed by atoms with Crippen molar-refractivity contribution in [2.45, 2.75) is 0 Å². The van der Waals surface area contributed by atoms with E-state index in [1.165, 1.54) is 76.7 Å². The molecule has 0 radical (unpaired) electrons. The summed E-state index contributed by atoms with van der Waals surface area (Å²) >= 11 is 0. The van der Waals surface area contributed by atoms with Crippen LogP contribution in [0.5, 0.6) is 11.5 Å². The summed E-state index contributed by atoms with van der Waals surface area (Å²) in [6.07, 6.45) is 0. The van der Waals surface area contributed by atoms with Crippen LogP contribution in [0.2, 0.25) is 0 Å². The highest BCUT2D eigenvalue weighted by Gasteiger charge is 2.26. The molecule has 0 N–H and O–H groups in total. The molecule has 0 saturated carbocycles. The first-order valence-corrected chi connectivity index (χ1v) is 19.8. The second-order valence-corrected chi connectivity index (χ2v) is 15.3. The van der Waals surface area contributed by atoms with E-state index in [9.17, 15) is 0 Å². The summed E-state index contributed by atoms with van der Waals surface area (Å²) < 4.78 is 13.8. The number of hydrogen-bond acceptors (Lipinski definition) is 1. The number of fused-ring (bicyclic) bond motifs is 11. The van der Waals surface area contributed by atoms with E-state index in [2.05, 4.69) is 214 Å². The average molecular weight is 740 g/mol. The number of ether oxygens (including phenoxy) is 1. The molecule has 0 fully saturated rings. The highest BCUT2D eigenvalue weighted by Crippen LogP contribution is 2.48. The van der Waals surface area contributed by atoms with Gasteiger partial charge in [0.15, 0.2) is 11.5 Å². The van der Waals surface area contributed by atoms with Crippen molar-refractivity contribution in [3.8, 4) is 50.8 Å². The van der Waals surface area contributed by atoms with Gasteiger partial charge in [-0.3, -0.25) is 0 Å². The molecule has 4 heterocycles. The van der Waals surface area contributed by atoms with Gasteiger partial charge in [-0.1, -0.05) is 121 Å². The Morgan fingerprint density at radius 3 is 1.40 bits per heavy atom. The lowest BCUT2D eigenvalue weighted by Gasteiger charge is -2.23. The third-order valence-electron chi connectivity index (χ3n) is 12.2. The van der Waals surface area contributed by atoms with Gasteiger partial charge in [0.05, 0.1) is 38.8 Å². The third kappa shape index (κ3) is 4.34. The fraction of sp³-hybridized carbons (Fsp3) is 0. The lowest BCUT2D eigenvalue weighted by atomic mass is 10.0. The van der Waals surface area contributed by atoms with E-state index >= 15 is 0 Å². The van der Waals surface area contributed by atoms with Gasteiger partial charge < -0.3 is 18.4 Å². The molecule has 0 atom stereocenters. The standard InChI is InChI=1S/C54H33N3O/c1-2-12-37(13-3-1)55-46-19-7-5-15-41(46)44-32-35(26-30-49(44)55)36-27-31-50-45(33-36)42-16-6-8-20-47(42)56(50)38-28-24-34(25-29-38)39-17-10-22-51-53(39)57-48-21-9-4-14-40(48)43-18-11-23-52(58-51)54(43)57/h1-33H. The number of rotatable bonds is 4. The molecule has 0 bridgehead atoms. The topological polar surface area (TPSA) is 24.0 Å². The molecule has 1 aliphatic rings. The number of para-hydroxylation sites is 6. The van der Waals surface area contributed by atoms with Gasteiger partial charge in [0.1, 0.15) is 0 Å². The van der Waals surface area contributed by atoms with Crippen molar-refractivity contribution >= 4 is 65.4 Å². The summed E-state index contributed by atoms with van der Waals surface area (Å²) in [6.45, 7) is 0. The van der Waals surface area contributed by atoms with Crippen molar-refractivity contribution in [1.29, 1.82) is 0 Å². The summed E-state index contributed by atoms with van der Waals surface area (Å²) in [7, 11) is 0. The number of nitrogens with zero attached hydrogens (tertiary/aromatic N) is 3. The van der Waals surface area contributed by atoms with Crippen LogP contribution in [0.4, 0.5) is 0 Å². The molecular weight excluding hydrogens is 707 g/mol. The Morgan fingerprint density at radius 2 is 0.759 bits per heavy atom. The first-order chi connectivity index (χ1) is 28.8. The summed E-state index contributed by atoms with van der Waals surface area (Å²) in [5.74, 6) is 1.75. The molecule has 4 nitrogen and oxygen atoms in total. The smallest absolute Gasteiger partial charge is 0.152 e. The van der Waals surface area contributed by atoms with Gasteiger partial charge in [-0.05, 0) is 95.6 Å². The lowest BCUT2D eigenvalue weighted by Crippen LogP contribution is -2.06. The largest absolute Gasteiger partial charge is 0.453 e. The minimum absolute atomic E-state index is 0.863. The molecule has 9 aromatic carbocycles. The zero-order chi connectivity index (χ0) is 37.9. The molecule has 0 saturated heterocycles. The van der Waals surface area contributed by atoms with E-state index < -0.39 is 0 Å². The molecule has 4 heteroatoms. The van der Waals surface area contributed by atoms with E-state index in [0.29, 0.717) is 0 Å². The van der Waals surface area contributed by atoms with Crippen molar-refractivity contribution < 1.29 is 4.74 Å².